The summed E-state index contributed by atoms with van der Waals surface area (Å²) in [6.07, 6.45) is 6.46. The van der Waals surface area contributed by atoms with Crippen LogP contribution in [0.5, 0.6) is 0 Å². The molecule has 2 aromatic heterocycles. The molecule has 8 nitrogen and oxygen atoms in total. The molecule has 0 aliphatic rings. The van der Waals surface area contributed by atoms with E-state index in [1.165, 1.54) is 5.56 Å². The van der Waals surface area contributed by atoms with Crippen molar-refractivity contribution < 1.29 is 0 Å². The number of benzene rings is 1. The smallest absolute Gasteiger partial charge is 0.174 e. The van der Waals surface area contributed by atoms with E-state index in [1.807, 2.05) is 6.08 Å². The molecule has 0 aliphatic carbocycles. The molecule has 3 rings (SSSR count). The predicted octanol–water partition coefficient (Wildman–Crippen LogP) is 1.78. The van der Waals surface area contributed by atoms with Crippen LogP contribution < -0.4 is 0 Å². The minimum absolute atomic E-state index is 0.434. The normalized spacial score (nSPS) is 12.2. The van der Waals surface area contributed by atoms with E-state index < -0.39 is 0 Å². The van der Waals surface area contributed by atoms with Gasteiger partial charge in [0.15, 0.2) is 11.6 Å². The largest absolute Gasteiger partial charge is 0.177 e. The third kappa shape index (κ3) is 4.55. The first-order valence-electron chi connectivity index (χ1n) is 7.99. The summed E-state index contributed by atoms with van der Waals surface area (Å²) in [7, 11) is 0. The minimum Gasteiger partial charge on any atom is -0.177 e. The van der Waals surface area contributed by atoms with E-state index in [4.69, 9.17) is 0 Å². The van der Waals surface area contributed by atoms with Crippen molar-refractivity contribution in [2.75, 3.05) is 0 Å². The minimum atomic E-state index is 0.434. The second-order valence-electron chi connectivity index (χ2n) is 5.77. The van der Waals surface area contributed by atoms with Gasteiger partial charge in [0, 0.05) is 12.8 Å². The number of nitrogens with zero attached hydrogens (tertiary/aromatic N) is 6. The fraction of sp³-hybridized carbons (Fsp3) is 0.375. The van der Waals surface area contributed by atoms with E-state index in [1.54, 1.807) is 0 Å². The number of aromatic nitrogens is 8. The number of hydrogen-bond acceptors (Lipinski definition) is 6. The van der Waals surface area contributed by atoms with E-state index in [0.29, 0.717) is 5.92 Å². The molecule has 1 unspecified atom stereocenters. The van der Waals surface area contributed by atoms with E-state index in [0.717, 1.165) is 49.3 Å². The molecule has 0 spiro atoms. The fourth-order valence-corrected chi connectivity index (χ4v) is 2.76. The first-order valence-corrected chi connectivity index (χ1v) is 7.99. The highest BCUT2D eigenvalue weighted by Crippen LogP contribution is 2.19. The van der Waals surface area contributed by atoms with Gasteiger partial charge in [0.1, 0.15) is 0 Å². The molecule has 1 atom stereocenters. The molecule has 1 aromatic carbocycles. The van der Waals surface area contributed by atoms with Gasteiger partial charge in [-0.15, -0.1) is 20.4 Å². The molecule has 8 heteroatoms. The van der Waals surface area contributed by atoms with Gasteiger partial charge in [-0.2, -0.15) is 10.4 Å². The first-order chi connectivity index (χ1) is 11.8. The lowest BCUT2D eigenvalue weighted by atomic mass is 9.90. The average molecular weight is 324 g/mol. The molecular formula is C16H20N8. The van der Waals surface area contributed by atoms with Gasteiger partial charge < -0.3 is 0 Å². The van der Waals surface area contributed by atoms with Crippen LogP contribution in [-0.2, 0) is 19.3 Å². The number of hydrogen-bond donors (Lipinski definition) is 2. The first kappa shape index (κ1) is 16.0. The second kappa shape index (κ2) is 8.09. The third-order valence-corrected chi connectivity index (χ3v) is 4.00. The van der Waals surface area contributed by atoms with Crippen LogP contribution in [0.15, 0.2) is 30.8 Å². The molecule has 0 saturated carbocycles. The summed E-state index contributed by atoms with van der Waals surface area (Å²) in [5, 5.41) is 28.4. The lowest BCUT2D eigenvalue weighted by Crippen LogP contribution is -2.10. The molecule has 0 saturated heterocycles. The summed E-state index contributed by atoms with van der Waals surface area (Å²) in [6, 6.07) is 8.49. The van der Waals surface area contributed by atoms with Gasteiger partial charge in [-0.1, -0.05) is 47.3 Å². The Morgan fingerprint density at radius 3 is 2.29 bits per heavy atom. The SMILES string of the molecule is C=Cc1ccc(CC(CCCc2nn[nH]n2)Cc2nn[nH]n2)cc1. The quantitative estimate of drug-likeness (QED) is 0.621. The van der Waals surface area contributed by atoms with Crippen LogP contribution >= 0.6 is 0 Å². The fourth-order valence-electron chi connectivity index (χ4n) is 2.76. The second-order valence-corrected chi connectivity index (χ2v) is 5.77. The maximum atomic E-state index is 4.08. The number of nitrogens with one attached hydrogen (secondary N) is 2. The number of aromatic amines is 2. The van der Waals surface area contributed by atoms with Crippen molar-refractivity contribution in [3.63, 3.8) is 0 Å². The maximum absolute atomic E-state index is 4.08. The van der Waals surface area contributed by atoms with E-state index in [9.17, 15) is 0 Å². The van der Waals surface area contributed by atoms with Crippen molar-refractivity contribution in [1.29, 1.82) is 0 Å². The molecule has 0 aliphatic heterocycles. The van der Waals surface area contributed by atoms with Gasteiger partial charge in [0.05, 0.1) is 0 Å². The topological polar surface area (TPSA) is 109 Å². The van der Waals surface area contributed by atoms with Crippen LogP contribution in [0.25, 0.3) is 6.08 Å². The van der Waals surface area contributed by atoms with Crippen molar-refractivity contribution in [3.8, 4) is 0 Å². The lowest BCUT2D eigenvalue weighted by Gasteiger charge is -2.15. The highest BCUT2D eigenvalue weighted by atomic mass is 15.5. The van der Waals surface area contributed by atoms with Gasteiger partial charge in [0.2, 0.25) is 0 Å². The average Bonchev–Trinajstić information content (AvgIpc) is 3.29. The van der Waals surface area contributed by atoms with Crippen molar-refractivity contribution in [2.24, 2.45) is 5.92 Å². The summed E-state index contributed by atoms with van der Waals surface area (Å²) in [4.78, 5) is 0. The number of tetrazole rings is 2. The van der Waals surface area contributed by atoms with Crippen LogP contribution in [0.4, 0.5) is 0 Å². The van der Waals surface area contributed by atoms with Crippen molar-refractivity contribution in [2.45, 2.75) is 32.1 Å². The molecule has 0 amide bonds. The van der Waals surface area contributed by atoms with Gasteiger partial charge in [-0.05, 0) is 36.3 Å². The molecule has 24 heavy (non-hydrogen) atoms. The summed E-state index contributed by atoms with van der Waals surface area (Å²) in [5.74, 6) is 1.94. The van der Waals surface area contributed by atoms with E-state index in [2.05, 4.69) is 72.1 Å². The molecule has 0 fully saturated rings. The Labute approximate surface area is 139 Å². The summed E-state index contributed by atoms with van der Waals surface area (Å²) < 4.78 is 0. The molecule has 2 N–H and O–H groups in total. The highest BCUT2D eigenvalue weighted by Gasteiger charge is 2.14. The number of rotatable bonds is 9. The number of H-pyrrole nitrogens is 2. The highest BCUT2D eigenvalue weighted by molar-refractivity contribution is 5.47. The van der Waals surface area contributed by atoms with Crippen LogP contribution in [0.3, 0.4) is 0 Å². The van der Waals surface area contributed by atoms with Crippen LogP contribution in [0, 0.1) is 5.92 Å². The van der Waals surface area contributed by atoms with Crippen LogP contribution in [0.1, 0.15) is 35.6 Å². The van der Waals surface area contributed by atoms with Crippen LogP contribution in [-0.4, -0.2) is 41.2 Å². The molecular weight excluding hydrogens is 304 g/mol. The maximum Gasteiger partial charge on any atom is 0.174 e. The van der Waals surface area contributed by atoms with Gasteiger partial charge >= 0.3 is 0 Å². The third-order valence-electron chi connectivity index (χ3n) is 4.00. The zero-order valence-electron chi connectivity index (χ0n) is 13.4. The van der Waals surface area contributed by atoms with Gasteiger partial charge in [-0.3, -0.25) is 0 Å². The monoisotopic (exact) mass is 324 g/mol. The zero-order valence-corrected chi connectivity index (χ0v) is 13.4. The molecule has 3 aromatic rings. The molecule has 0 bridgehead atoms. The zero-order chi connectivity index (χ0) is 16.6. The Morgan fingerprint density at radius 2 is 1.67 bits per heavy atom. The number of aryl methyl sites for hydroxylation is 1. The van der Waals surface area contributed by atoms with Gasteiger partial charge in [0.25, 0.3) is 0 Å². The summed E-state index contributed by atoms with van der Waals surface area (Å²) >= 11 is 0. The standard InChI is InChI=1S/C16H20N8/c1-2-12-6-8-13(9-7-12)10-14(11-16-19-23-24-20-16)4-3-5-15-17-21-22-18-15/h2,6-9,14H,1,3-5,10-11H2,(H,17,18,21,22)(H,19,20,23,24). The lowest BCUT2D eigenvalue weighted by molar-refractivity contribution is 0.451. The summed E-state index contributed by atoms with van der Waals surface area (Å²) in [5.41, 5.74) is 2.43. The van der Waals surface area contributed by atoms with Crippen molar-refractivity contribution in [1.82, 2.24) is 41.2 Å². The Kier molecular flexibility index (Phi) is 5.39. The Bertz CT molecular complexity index is 718. The Balaban J connectivity index is 1.60. The molecule has 124 valence electrons. The van der Waals surface area contributed by atoms with Crippen LogP contribution in [0.2, 0.25) is 0 Å². The van der Waals surface area contributed by atoms with Gasteiger partial charge in [-0.25, -0.2) is 0 Å². The molecule has 2 heterocycles. The predicted molar refractivity (Wildman–Crippen MR) is 88.7 cm³/mol. The van der Waals surface area contributed by atoms with E-state index >= 15 is 0 Å². The molecule has 0 radical (unpaired) electrons. The van der Waals surface area contributed by atoms with Crippen molar-refractivity contribution >= 4 is 6.08 Å². The Hall–Kier alpha value is -2.90. The van der Waals surface area contributed by atoms with E-state index in [-0.39, 0.29) is 0 Å². The summed E-state index contributed by atoms with van der Waals surface area (Å²) in [6.45, 7) is 3.79. The van der Waals surface area contributed by atoms with Crippen molar-refractivity contribution in [3.05, 3.63) is 53.6 Å². The Morgan fingerprint density at radius 1 is 0.958 bits per heavy atom.